The van der Waals surface area contributed by atoms with Crippen molar-refractivity contribution in [2.45, 2.75) is 45.3 Å². The van der Waals surface area contributed by atoms with Gasteiger partial charge in [0.05, 0.1) is 6.04 Å². The van der Waals surface area contributed by atoms with Gasteiger partial charge in [-0.3, -0.25) is 4.79 Å². The monoisotopic (exact) mass is 256 g/mol. The van der Waals surface area contributed by atoms with Crippen molar-refractivity contribution in [1.29, 1.82) is 0 Å². The Kier molecular flexibility index (Phi) is 6.05. The molecule has 2 atom stereocenters. The Balaban J connectivity index is 2.36. The number of carbonyl (C=O) groups excluding carboxylic acids is 1. The summed E-state index contributed by atoms with van der Waals surface area (Å²) < 4.78 is 0. The predicted molar refractivity (Wildman–Crippen MR) is 74.4 cm³/mol. The summed E-state index contributed by atoms with van der Waals surface area (Å²) in [5.74, 6) is -0.245. The molecule has 18 heavy (non-hydrogen) atoms. The standard InChI is InChI=1S/C13H28N4O/c1-10(2)15-12(13(14)18)5-6-17-8-7-16(4)11(3)9-17/h10-12,15H,5-9H2,1-4H3,(H2,14,18). The summed E-state index contributed by atoms with van der Waals surface area (Å²) in [5, 5.41) is 3.23. The summed E-state index contributed by atoms with van der Waals surface area (Å²) in [6, 6.07) is 0.665. The zero-order valence-corrected chi connectivity index (χ0v) is 12.1. The molecule has 5 heteroatoms. The van der Waals surface area contributed by atoms with Crippen molar-refractivity contribution in [3.8, 4) is 0 Å². The third-order valence-electron chi connectivity index (χ3n) is 3.66. The molecule has 0 spiro atoms. The Bertz CT molecular complexity index is 270. The van der Waals surface area contributed by atoms with Crippen LogP contribution >= 0.6 is 0 Å². The van der Waals surface area contributed by atoms with E-state index in [2.05, 4.69) is 29.1 Å². The normalized spacial score (nSPS) is 24.4. The smallest absolute Gasteiger partial charge is 0.234 e. The maximum Gasteiger partial charge on any atom is 0.234 e. The zero-order valence-electron chi connectivity index (χ0n) is 12.1. The summed E-state index contributed by atoms with van der Waals surface area (Å²) in [6.45, 7) is 10.5. The van der Waals surface area contributed by atoms with E-state index >= 15 is 0 Å². The molecule has 1 fully saturated rings. The molecule has 106 valence electrons. The van der Waals surface area contributed by atoms with Crippen molar-refractivity contribution in [3.05, 3.63) is 0 Å². The number of hydrogen-bond acceptors (Lipinski definition) is 4. The van der Waals surface area contributed by atoms with E-state index in [0.717, 1.165) is 32.6 Å². The van der Waals surface area contributed by atoms with Crippen LogP contribution in [0, 0.1) is 0 Å². The highest BCUT2D eigenvalue weighted by atomic mass is 16.1. The van der Waals surface area contributed by atoms with Gasteiger partial charge >= 0.3 is 0 Å². The maximum atomic E-state index is 11.4. The minimum atomic E-state index is -0.245. The van der Waals surface area contributed by atoms with Gasteiger partial charge in [0.15, 0.2) is 0 Å². The molecule has 0 bridgehead atoms. The largest absolute Gasteiger partial charge is 0.368 e. The Hall–Kier alpha value is -0.650. The number of piperazine rings is 1. The molecular formula is C13H28N4O. The van der Waals surface area contributed by atoms with Crippen LogP contribution in [0.5, 0.6) is 0 Å². The molecular weight excluding hydrogens is 228 g/mol. The van der Waals surface area contributed by atoms with Crippen LogP contribution in [0.1, 0.15) is 27.2 Å². The lowest BCUT2D eigenvalue weighted by Crippen LogP contribution is -2.52. The van der Waals surface area contributed by atoms with Gasteiger partial charge in [-0.15, -0.1) is 0 Å². The first-order chi connectivity index (χ1) is 8.40. The second-order valence-corrected chi connectivity index (χ2v) is 5.70. The minimum absolute atomic E-state index is 0.208. The van der Waals surface area contributed by atoms with Gasteiger partial charge in [-0.05, 0) is 20.4 Å². The van der Waals surface area contributed by atoms with E-state index in [1.165, 1.54) is 0 Å². The summed E-state index contributed by atoms with van der Waals surface area (Å²) in [5.41, 5.74) is 5.42. The summed E-state index contributed by atoms with van der Waals surface area (Å²) >= 11 is 0. The lowest BCUT2D eigenvalue weighted by molar-refractivity contribution is -0.120. The van der Waals surface area contributed by atoms with E-state index in [0.29, 0.717) is 6.04 Å². The molecule has 5 nitrogen and oxygen atoms in total. The zero-order chi connectivity index (χ0) is 13.7. The number of carbonyl (C=O) groups is 1. The van der Waals surface area contributed by atoms with Gasteiger partial charge in [0.2, 0.25) is 5.91 Å². The first-order valence-corrected chi connectivity index (χ1v) is 6.88. The van der Waals surface area contributed by atoms with Gasteiger partial charge in [0.25, 0.3) is 0 Å². The van der Waals surface area contributed by atoms with Gasteiger partial charge in [-0.25, -0.2) is 0 Å². The van der Waals surface area contributed by atoms with E-state index in [-0.39, 0.29) is 18.0 Å². The quantitative estimate of drug-likeness (QED) is 0.695. The van der Waals surface area contributed by atoms with Crippen molar-refractivity contribution in [3.63, 3.8) is 0 Å². The third-order valence-corrected chi connectivity index (χ3v) is 3.66. The summed E-state index contributed by atoms with van der Waals surface area (Å²) in [6.07, 6.45) is 0.796. The van der Waals surface area contributed by atoms with Crippen molar-refractivity contribution in [2.24, 2.45) is 5.73 Å². The van der Waals surface area contributed by atoms with Gasteiger partial charge in [-0.1, -0.05) is 13.8 Å². The maximum absolute atomic E-state index is 11.4. The third kappa shape index (κ3) is 4.92. The number of primary amides is 1. The molecule has 1 saturated heterocycles. The second-order valence-electron chi connectivity index (χ2n) is 5.70. The number of nitrogens with two attached hydrogens (primary N) is 1. The first kappa shape index (κ1) is 15.4. The van der Waals surface area contributed by atoms with Crippen molar-refractivity contribution >= 4 is 5.91 Å². The molecule has 1 rings (SSSR count). The SMILES string of the molecule is CC(C)NC(CCN1CCN(C)C(C)C1)C(N)=O. The lowest BCUT2D eigenvalue weighted by atomic mass is 10.1. The van der Waals surface area contributed by atoms with Crippen LogP contribution in [0.3, 0.4) is 0 Å². The van der Waals surface area contributed by atoms with Gasteiger partial charge in [0, 0.05) is 38.3 Å². The predicted octanol–water partition coefficient (Wildman–Crippen LogP) is -0.136. The molecule has 0 aromatic heterocycles. The molecule has 0 aromatic carbocycles. The number of nitrogens with one attached hydrogen (secondary N) is 1. The fourth-order valence-corrected chi connectivity index (χ4v) is 2.35. The van der Waals surface area contributed by atoms with Crippen molar-refractivity contribution in [2.75, 3.05) is 33.2 Å². The Labute approximate surface area is 111 Å². The molecule has 0 saturated carbocycles. The van der Waals surface area contributed by atoms with Crippen molar-refractivity contribution < 1.29 is 4.79 Å². The molecule has 3 N–H and O–H groups in total. The number of likely N-dealkylation sites (N-methyl/N-ethyl adjacent to an activating group) is 1. The van der Waals surface area contributed by atoms with Gasteiger partial charge in [0.1, 0.15) is 0 Å². The number of amides is 1. The van der Waals surface area contributed by atoms with Crippen LogP contribution in [0.15, 0.2) is 0 Å². The van der Waals surface area contributed by atoms with E-state index in [9.17, 15) is 4.79 Å². The van der Waals surface area contributed by atoms with Gasteiger partial charge < -0.3 is 20.9 Å². The molecule has 1 aliphatic rings. The molecule has 0 radical (unpaired) electrons. The Morgan fingerprint density at radius 1 is 1.44 bits per heavy atom. The molecule has 0 aromatic rings. The van der Waals surface area contributed by atoms with Gasteiger partial charge in [-0.2, -0.15) is 0 Å². The number of nitrogens with zero attached hydrogens (tertiary/aromatic N) is 2. The minimum Gasteiger partial charge on any atom is -0.368 e. The van der Waals surface area contributed by atoms with E-state index < -0.39 is 0 Å². The van der Waals surface area contributed by atoms with Crippen LogP contribution in [-0.4, -0.2) is 67.1 Å². The Morgan fingerprint density at radius 2 is 2.11 bits per heavy atom. The van der Waals surface area contributed by atoms with E-state index in [4.69, 9.17) is 5.73 Å². The van der Waals surface area contributed by atoms with Crippen LogP contribution in [0.25, 0.3) is 0 Å². The molecule has 1 heterocycles. The van der Waals surface area contributed by atoms with E-state index in [1.54, 1.807) is 0 Å². The van der Waals surface area contributed by atoms with Crippen molar-refractivity contribution in [1.82, 2.24) is 15.1 Å². The highest BCUT2D eigenvalue weighted by Gasteiger charge is 2.22. The van der Waals surface area contributed by atoms with Crippen LogP contribution in [-0.2, 0) is 4.79 Å². The first-order valence-electron chi connectivity index (χ1n) is 6.88. The van der Waals surface area contributed by atoms with E-state index in [1.807, 2.05) is 13.8 Å². The molecule has 2 unspecified atom stereocenters. The number of rotatable bonds is 6. The molecule has 0 aliphatic carbocycles. The average Bonchev–Trinajstić information content (AvgIpc) is 2.28. The second kappa shape index (κ2) is 7.07. The summed E-state index contributed by atoms with van der Waals surface area (Å²) in [4.78, 5) is 16.1. The summed E-state index contributed by atoms with van der Waals surface area (Å²) in [7, 11) is 2.16. The number of hydrogen-bond donors (Lipinski definition) is 2. The van der Waals surface area contributed by atoms with Crippen LogP contribution in [0.2, 0.25) is 0 Å². The fourth-order valence-electron chi connectivity index (χ4n) is 2.35. The average molecular weight is 256 g/mol. The lowest BCUT2D eigenvalue weighted by Gasteiger charge is -2.38. The van der Waals surface area contributed by atoms with Crippen LogP contribution < -0.4 is 11.1 Å². The highest BCUT2D eigenvalue weighted by Crippen LogP contribution is 2.08. The molecule has 1 aliphatic heterocycles. The highest BCUT2D eigenvalue weighted by molar-refractivity contribution is 5.79. The topological polar surface area (TPSA) is 61.6 Å². The molecule has 1 amide bonds. The Morgan fingerprint density at radius 3 is 2.61 bits per heavy atom. The fraction of sp³-hybridized carbons (Fsp3) is 0.923. The van der Waals surface area contributed by atoms with Crippen LogP contribution in [0.4, 0.5) is 0 Å².